The molecule has 0 bridgehead atoms. The van der Waals surface area contributed by atoms with Crippen molar-refractivity contribution in [3.8, 4) is 0 Å². The van der Waals surface area contributed by atoms with Crippen molar-refractivity contribution in [3.63, 3.8) is 0 Å². The Morgan fingerprint density at radius 2 is 1.68 bits per heavy atom. The first kappa shape index (κ1) is 13.7. The summed E-state index contributed by atoms with van der Waals surface area (Å²) < 4.78 is 26.9. The molecule has 0 radical (unpaired) electrons. The molecule has 1 atom stereocenters. The maximum Gasteiger partial charge on any atom is 0.131 e. The lowest BCUT2D eigenvalue weighted by molar-refractivity contribution is 0.173. The highest BCUT2D eigenvalue weighted by Crippen LogP contribution is 2.24. The van der Waals surface area contributed by atoms with Gasteiger partial charge in [-0.25, -0.2) is 8.78 Å². The van der Waals surface area contributed by atoms with E-state index in [0.717, 1.165) is 17.2 Å². The van der Waals surface area contributed by atoms with Gasteiger partial charge in [0.25, 0.3) is 0 Å². The smallest absolute Gasteiger partial charge is 0.131 e. The Balaban J connectivity index is 2.28. The van der Waals surface area contributed by atoms with Gasteiger partial charge in [0.15, 0.2) is 0 Å². The standard InChI is InChI=1S/C16H16F2O/c1-10-5-3-4-6-12(10)8-16(19)13-7-11(2)14(17)9-15(13)18/h3-7,9,16,19H,8H2,1-2H3. The van der Waals surface area contributed by atoms with Gasteiger partial charge in [-0.15, -0.1) is 0 Å². The van der Waals surface area contributed by atoms with Crippen molar-refractivity contribution in [1.82, 2.24) is 0 Å². The van der Waals surface area contributed by atoms with E-state index in [0.29, 0.717) is 12.0 Å². The second-order valence-electron chi connectivity index (χ2n) is 4.77. The Hall–Kier alpha value is -1.74. The molecule has 1 nitrogen and oxygen atoms in total. The first-order valence-electron chi connectivity index (χ1n) is 6.17. The average Bonchev–Trinajstić information content (AvgIpc) is 2.36. The van der Waals surface area contributed by atoms with Crippen molar-refractivity contribution in [2.75, 3.05) is 0 Å². The van der Waals surface area contributed by atoms with Crippen molar-refractivity contribution >= 4 is 0 Å². The van der Waals surface area contributed by atoms with Crippen LogP contribution < -0.4 is 0 Å². The third-order valence-corrected chi connectivity index (χ3v) is 3.31. The second kappa shape index (κ2) is 5.49. The maximum absolute atomic E-state index is 13.7. The van der Waals surface area contributed by atoms with E-state index in [2.05, 4.69) is 0 Å². The molecule has 0 spiro atoms. The number of hydrogen-bond acceptors (Lipinski definition) is 1. The number of hydrogen-bond donors (Lipinski definition) is 1. The molecular formula is C16H16F2O. The molecule has 0 fully saturated rings. The molecule has 0 saturated carbocycles. The minimum atomic E-state index is -0.972. The van der Waals surface area contributed by atoms with Crippen LogP contribution in [-0.4, -0.2) is 5.11 Å². The molecule has 1 unspecified atom stereocenters. The molecule has 2 aromatic rings. The van der Waals surface area contributed by atoms with E-state index in [1.807, 2.05) is 31.2 Å². The van der Waals surface area contributed by atoms with Crippen LogP contribution in [-0.2, 0) is 6.42 Å². The Labute approximate surface area is 111 Å². The number of rotatable bonds is 3. The summed E-state index contributed by atoms with van der Waals surface area (Å²) in [6.45, 7) is 3.49. The lowest BCUT2D eigenvalue weighted by Crippen LogP contribution is -2.06. The summed E-state index contributed by atoms with van der Waals surface area (Å²) in [6, 6.07) is 9.82. The quantitative estimate of drug-likeness (QED) is 0.890. The van der Waals surface area contributed by atoms with Crippen molar-refractivity contribution in [1.29, 1.82) is 0 Å². The van der Waals surface area contributed by atoms with E-state index < -0.39 is 17.7 Å². The van der Waals surface area contributed by atoms with Crippen LogP contribution in [0.25, 0.3) is 0 Å². The van der Waals surface area contributed by atoms with Crippen molar-refractivity contribution in [2.24, 2.45) is 0 Å². The minimum absolute atomic E-state index is 0.141. The fourth-order valence-electron chi connectivity index (χ4n) is 2.09. The first-order chi connectivity index (χ1) is 8.99. The maximum atomic E-state index is 13.7. The number of aliphatic hydroxyl groups is 1. The molecular weight excluding hydrogens is 246 g/mol. The normalized spacial score (nSPS) is 12.5. The summed E-state index contributed by atoms with van der Waals surface area (Å²) in [5, 5.41) is 10.1. The predicted octanol–water partition coefficient (Wildman–Crippen LogP) is 3.86. The van der Waals surface area contributed by atoms with Gasteiger partial charge in [-0.3, -0.25) is 0 Å². The van der Waals surface area contributed by atoms with Gasteiger partial charge >= 0.3 is 0 Å². The van der Waals surface area contributed by atoms with Gasteiger partial charge < -0.3 is 5.11 Å². The highest BCUT2D eigenvalue weighted by Gasteiger charge is 2.16. The van der Waals surface area contributed by atoms with Gasteiger partial charge in [0, 0.05) is 18.1 Å². The SMILES string of the molecule is Cc1cc(C(O)Cc2ccccc2C)c(F)cc1F. The molecule has 19 heavy (non-hydrogen) atoms. The summed E-state index contributed by atoms with van der Waals surface area (Å²) in [5.41, 5.74) is 2.47. The summed E-state index contributed by atoms with van der Waals surface area (Å²) in [5.74, 6) is -1.30. The minimum Gasteiger partial charge on any atom is -0.388 e. The van der Waals surface area contributed by atoms with Crippen molar-refractivity contribution in [2.45, 2.75) is 26.4 Å². The van der Waals surface area contributed by atoms with Crippen LogP contribution in [0.1, 0.15) is 28.4 Å². The average molecular weight is 262 g/mol. The third kappa shape index (κ3) is 2.99. The lowest BCUT2D eigenvalue weighted by atomic mass is 9.97. The summed E-state index contributed by atoms with van der Waals surface area (Å²) in [7, 11) is 0. The third-order valence-electron chi connectivity index (χ3n) is 3.31. The van der Waals surface area contributed by atoms with Crippen molar-refractivity contribution in [3.05, 3.63) is 70.3 Å². The Bertz CT molecular complexity index is 593. The molecule has 0 saturated heterocycles. The summed E-state index contributed by atoms with van der Waals surface area (Å²) in [4.78, 5) is 0. The van der Waals surface area contributed by atoms with Gasteiger partial charge in [0.1, 0.15) is 11.6 Å². The fourth-order valence-corrected chi connectivity index (χ4v) is 2.09. The van der Waals surface area contributed by atoms with E-state index in [9.17, 15) is 13.9 Å². The largest absolute Gasteiger partial charge is 0.388 e. The Morgan fingerprint density at radius 3 is 2.37 bits per heavy atom. The van der Waals surface area contributed by atoms with E-state index in [-0.39, 0.29) is 5.56 Å². The predicted molar refractivity (Wildman–Crippen MR) is 70.9 cm³/mol. The molecule has 3 heteroatoms. The van der Waals surface area contributed by atoms with Gasteiger partial charge in [-0.1, -0.05) is 24.3 Å². The van der Waals surface area contributed by atoms with Crippen LogP contribution in [0.2, 0.25) is 0 Å². The molecule has 100 valence electrons. The number of aliphatic hydroxyl groups excluding tert-OH is 1. The molecule has 0 aliphatic rings. The topological polar surface area (TPSA) is 20.2 Å². The zero-order valence-corrected chi connectivity index (χ0v) is 11.0. The lowest BCUT2D eigenvalue weighted by Gasteiger charge is -2.14. The van der Waals surface area contributed by atoms with Gasteiger partial charge in [-0.05, 0) is 36.6 Å². The van der Waals surface area contributed by atoms with Gasteiger partial charge in [0.2, 0.25) is 0 Å². The number of aryl methyl sites for hydroxylation is 2. The molecule has 1 N–H and O–H groups in total. The zero-order valence-electron chi connectivity index (χ0n) is 11.0. The second-order valence-corrected chi connectivity index (χ2v) is 4.77. The van der Waals surface area contributed by atoms with Crippen LogP contribution in [0, 0.1) is 25.5 Å². The fraction of sp³-hybridized carbons (Fsp3) is 0.250. The van der Waals surface area contributed by atoms with E-state index in [1.165, 1.54) is 6.07 Å². The molecule has 0 aliphatic heterocycles. The van der Waals surface area contributed by atoms with Crippen LogP contribution >= 0.6 is 0 Å². The summed E-state index contributed by atoms with van der Waals surface area (Å²) >= 11 is 0. The Morgan fingerprint density at radius 1 is 1.00 bits per heavy atom. The van der Waals surface area contributed by atoms with E-state index >= 15 is 0 Å². The van der Waals surface area contributed by atoms with Crippen LogP contribution in [0.15, 0.2) is 36.4 Å². The summed E-state index contributed by atoms with van der Waals surface area (Å²) in [6.07, 6.45) is -0.658. The van der Waals surface area contributed by atoms with Gasteiger partial charge in [0.05, 0.1) is 6.10 Å². The molecule has 0 aromatic heterocycles. The zero-order chi connectivity index (χ0) is 14.0. The highest BCUT2D eigenvalue weighted by molar-refractivity contribution is 5.31. The van der Waals surface area contributed by atoms with Crippen molar-refractivity contribution < 1.29 is 13.9 Å². The van der Waals surface area contributed by atoms with E-state index in [4.69, 9.17) is 0 Å². The van der Waals surface area contributed by atoms with Gasteiger partial charge in [-0.2, -0.15) is 0 Å². The van der Waals surface area contributed by atoms with E-state index in [1.54, 1.807) is 6.92 Å². The van der Waals surface area contributed by atoms with Crippen LogP contribution in [0.4, 0.5) is 8.78 Å². The molecule has 2 rings (SSSR count). The monoisotopic (exact) mass is 262 g/mol. The number of halogens is 2. The molecule has 2 aromatic carbocycles. The van der Waals surface area contributed by atoms with Crippen LogP contribution in [0.3, 0.4) is 0 Å². The highest BCUT2D eigenvalue weighted by atomic mass is 19.1. The van der Waals surface area contributed by atoms with Crippen LogP contribution in [0.5, 0.6) is 0 Å². The molecule has 0 heterocycles. The Kier molecular flexibility index (Phi) is 3.96. The molecule has 0 amide bonds. The molecule has 0 aliphatic carbocycles. The number of benzene rings is 2. The first-order valence-corrected chi connectivity index (χ1v) is 6.17.